The van der Waals surface area contributed by atoms with E-state index in [1.807, 2.05) is 13.2 Å². The average Bonchev–Trinajstić information content (AvgIpc) is 2.20. The van der Waals surface area contributed by atoms with Crippen LogP contribution in [-0.2, 0) is 4.79 Å². The summed E-state index contributed by atoms with van der Waals surface area (Å²) in [6.45, 7) is 1.94. The van der Waals surface area contributed by atoms with Crippen LogP contribution in [0.4, 0.5) is 0 Å². The maximum absolute atomic E-state index is 11.6. The predicted molar refractivity (Wildman–Crippen MR) is 61.4 cm³/mol. The van der Waals surface area contributed by atoms with Gasteiger partial charge in [0.05, 0.1) is 5.25 Å². The lowest BCUT2D eigenvalue weighted by molar-refractivity contribution is -0.121. The molecular formula is C10H20N2OS. The summed E-state index contributed by atoms with van der Waals surface area (Å²) in [5.41, 5.74) is 5.80. The molecule has 0 aliphatic heterocycles. The first-order valence-electron chi connectivity index (χ1n) is 5.22. The van der Waals surface area contributed by atoms with E-state index in [0.29, 0.717) is 12.1 Å². The molecule has 14 heavy (non-hydrogen) atoms. The Morgan fingerprint density at radius 2 is 2.00 bits per heavy atom. The van der Waals surface area contributed by atoms with Gasteiger partial charge in [-0.25, -0.2) is 0 Å². The molecule has 0 saturated heterocycles. The Hall–Kier alpha value is -0.220. The third-order valence-electron chi connectivity index (χ3n) is 2.84. The Morgan fingerprint density at radius 1 is 1.43 bits per heavy atom. The largest absolute Gasteiger partial charge is 0.352 e. The second kappa shape index (κ2) is 5.61. The highest BCUT2D eigenvalue weighted by molar-refractivity contribution is 7.99. The van der Waals surface area contributed by atoms with Crippen LogP contribution in [0.15, 0.2) is 0 Å². The SMILES string of the molecule is CSC(C)C(=O)NC1CCC(N)CC1. The van der Waals surface area contributed by atoms with Crippen LogP contribution in [0, 0.1) is 0 Å². The number of hydrogen-bond donors (Lipinski definition) is 2. The van der Waals surface area contributed by atoms with E-state index in [1.54, 1.807) is 11.8 Å². The van der Waals surface area contributed by atoms with Gasteiger partial charge in [0.2, 0.25) is 5.91 Å². The summed E-state index contributed by atoms with van der Waals surface area (Å²) >= 11 is 1.59. The van der Waals surface area contributed by atoms with E-state index >= 15 is 0 Å². The predicted octanol–water partition coefficient (Wildman–Crippen LogP) is 1.12. The maximum Gasteiger partial charge on any atom is 0.233 e. The van der Waals surface area contributed by atoms with Gasteiger partial charge in [0.1, 0.15) is 0 Å². The molecule has 0 radical (unpaired) electrons. The van der Waals surface area contributed by atoms with Gasteiger partial charge in [0.25, 0.3) is 0 Å². The summed E-state index contributed by atoms with van der Waals surface area (Å²) in [4.78, 5) is 11.6. The molecule has 4 heteroatoms. The molecular weight excluding hydrogens is 196 g/mol. The molecule has 1 aliphatic carbocycles. The molecule has 1 saturated carbocycles. The summed E-state index contributed by atoms with van der Waals surface area (Å²) in [6, 6.07) is 0.707. The van der Waals surface area contributed by atoms with Crippen molar-refractivity contribution >= 4 is 17.7 Å². The normalized spacial score (nSPS) is 29.6. The molecule has 1 unspecified atom stereocenters. The Bertz CT molecular complexity index is 191. The Labute approximate surface area is 90.2 Å². The van der Waals surface area contributed by atoms with Crippen LogP contribution in [0.25, 0.3) is 0 Å². The van der Waals surface area contributed by atoms with Crippen molar-refractivity contribution in [2.75, 3.05) is 6.26 Å². The van der Waals surface area contributed by atoms with Gasteiger partial charge in [-0.1, -0.05) is 0 Å². The van der Waals surface area contributed by atoms with Gasteiger partial charge in [-0.2, -0.15) is 11.8 Å². The van der Waals surface area contributed by atoms with Crippen molar-refractivity contribution in [2.45, 2.75) is 49.9 Å². The summed E-state index contributed by atoms with van der Waals surface area (Å²) in [5, 5.41) is 3.14. The molecule has 1 amide bonds. The van der Waals surface area contributed by atoms with E-state index in [1.165, 1.54) is 0 Å². The minimum atomic E-state index is 0.0607. The van der Waals surface area contributed by atoms with E-state index in [0.717, 1.165) is 25.7 Å². The first-order valence-corrected chi connectivity index (χ1v) is 6.51. The summed E-state index contributed by atoms with van der Waals surface area (Å²) in [5.74, 6) is 0.165. The van der Waals surface area contributed by atoms with E-state index < -0.39 is 0 Å². The molecule has 0 heterocycles. The molecule has 82 valence electrons. The fraction of sp³-hybridized carbons (Fsp3) is 0.900. The molecule has 1 rings (SSSR count). The summed E-state index contributed by atoms with van der Waals surface area (Å²) in [7, 11) is 0. The fourth-order valence-corrected chi connectivity index (χ4v) is 1.97. The van der Waals surface area contributed by atoms with E-state index in [9.17, 15) is 4.79 Å². The second-order valence-electron chi connectivity index (χ2n) is 4.00. The fourth-order valence-electron chi connectivity index (χ4n) is 1.69. The summed E-state index contributed by atoms with van der Waals surface area (Å²) in [6.07, 6.45) is 6.11. The highest BCUT2D eigenvalue weighted by Crippen LogP contribution is 2.17. The number of hydrogen-bond acceptors (Lipinski definition) is 3. The number of nitrogens with one attached hydrogen (secondary N) is 1. The molecule has 0 aromatic carbocycles. The smallest absolute Gasteiger partial charge is 0.233 e. The summed E-state index contributed by atoms with van der Waals surface area (Å²) < 4.78 is 0. The van der Waals surface area contributed by atoms with Crippen molar-refractivity contribution in [1.82, 2.24) is 5.32 Å². The van der Waals surface area contributed by atoms with Gasteiger partial charge in [-0.05, 0) is 38.9 Å². The van der Waals surface area contributed by atoms with Crippen molar-refractivity contribution in [2.24, 2.45) is 5.73 Å². The second-order valence-corrected chi connectivity index (χ2v) is 5.18. The minimum Gasteiger partial charge on any atom is -0.352 e. The number of nitrogens with two attached hydrogens (primary N) is 1. The highest BCUT2D eigenvalue weighted by Gasteiger charge is 2.21. The Morgan fingerprint density at radius 3 is 2.50 bits per heavy atom. The zero-order chi connectivity index (χ0) is 10.6. The van der Waals surface area contributed by atoms with Gasteiger partial charge in [-0.15, -0.1) is 0 Å². The van der Waals surface area contributed by atoms with Crippen LogP contribution in [0.5, 0.6) is 0 Å². The monoisotopic (exact) mass is 216 g/mol. The first kappa shape index (κ1) is 11.9. The highest BCUT2D eigenvalue weighted by atomic mass is 32.2. The van der Waals surface area contributed by atoms with E-state index in [4.69, 9.17) is 5.73 Å². The lowest BCUT2D eigenvalue weighted by Gasteiger charge is -2.27. The zero-order valence-electron chi connectivity index (χ0n) is 8.95. The lowest BCUT2D eigenvalue weighted by atomic mass is 9.92. The van der Waals surface area contributed by atoms with Gasteiger partial charge in [0, 0.05) is 12.1 Å². The van der Waals surface area contributed by atoms with Crippen LogP contribution in [0.2, 0.25) is 0 Å². The lowest BCUT2D eigenvalue weighted by Crippen LogP contribution is -2.43. The van der Waals surface area contributed by atoms with Crippen LogP contribution >= 0.6 is 11.8 Å². The number of amides is 1. The maximum atomic E-state index is 11.6. The van der Waals surface area contributed by atoms with Crippen LogP contribution in [-0.4, -0.2) is 29.5 Å². The molecule has 1 fully saturated rings. The molecule has 1 atom stereocenters. The van der Waals surface area contributed by atoms with Crippen molar-refractivity contribution in [3.8, 4) is 0 Å². The first-order chi connectivity index (χ1) is 6.63. The van der Waals surface area contributed by atoms with Crippen molar-refractivity contribution in [3.05, 3.63) is 0 Å². The van der Waals surface area contributed by atoms with Gasteiger partial charge < -0.3 is 11.1 Å². The molecule has 3 nitrogen and oxygen atoms in total. The van der Waals surface area contributed by atoms with Gasteiger partial charge in [-0.3, -0.25) is 4.79 Å². The van der Waals surface area contributed by atoms with Gasteiger partial charge >= 0.3 is 0 Å². The van der Waals surface area contributed by atoms with Crippen LogP contribution in [0.1, 0.15) is 32.6 Å². The molecule has 0 aromatic heterocycles. The number of carbonyl (C=O) groups is 1. The van der Waals surface area contributed by atoms with Crippen LogP contribution in [0.3, 0.4) is 0 Å². The number of rotatable bonds is 3. The number of carbonyl (C=O) groups excluding carboxylic acids is 1. The Kier molecular flexibility index (Phi) is 4.75. The average molecular weight is 216 g/mol. The number of thioether (sulfide) groups is 1. The van der Waals surface area contributed by atoms with Gasteiger partial charge in [0.15, 0.2) is 0 Å². The van der Waals surface area contributed by atoms with Crippen molar-refractivity contribution in [1.29, 1.82) is 0 Å². The van der Waals surface area contributed by atoms with E-state index in [2.05, 4.69) is 5.32 Å². The third-order valence-corrected chi connectivity index (χ3v) is 3.76. The molecule has 0 spiro atoms. The molecule has 0 aromatic rings. The minimum absolute atomic E-state index is 0.0607. The third kappa shape index (κ3) is 3.50. The van der Waals surface area contributed by atoms with Crippen molar-refractivity contribution < 1.29 is 4.79 Å². The standard InChI is InChI=1S/C10H20N2OS/c1-7(14-2)10(13)12-9-5-3-8(11)4-6-9/h7-9H,3-6,11H2,1-2H3,(H,12,13). The zero-order valence-corrected chi connectivity index (χ0v) is 9.77. The molecule has 3 N–H and O–H groups in total. The van der Waals surface area contributed by atoms with Crippen molar-refractivity contribution in [3.63, 3.8) is 0 Å². The molecule has 0 bridgehead atoms. The van der Waals surface area contributed by atoms with Crippen LogP contribution < -0.4 is 11.1 Å². The topological polar surface area (TPSA) is 55.1 Å². The molecule has 1 aliphatic rings. The van der Waals surface area contributed by atoms with E-state index in [-0.39, 0.29) is 11.2 Å². The Balaban J connectivity index is 2.27. The quantitative estimate of drug-likeness (QED) is 0.743.